The lowest BCUT2D eigenvalue weighted by Gasteiger charge is -2.09. The van der Waals surface area contributed by atoms with Gasteiger partial charge in [0, 0.05) is 11.1 Å². The van der Waals surface area contributed by atoms with Gasteiger partial charge in [-0.2, -0.15) is 0 Å². The Morgan fingerprint density at radius 1 is 0.692 bits per heavy atom. The maximum absolute atomic E-state index is 6.48. The van der Waals surface area contributed by atoms with Gasteiger partial charge in [-0.15, -0.1) is 0 Å². The molecule has 0 unspecified atom stereocenters. The number of nitrogens with two attached hydrogens (primary N) is 1. The lowest BCUT2D eigenvalue weighted by Crippen LogP contribution is -2.16. The average molecular weight is 512 g/mol. The number of nitrogens with zero attached hydrogens (tertiary/aromatic N) is 2. The lowest BCUT2D eigenvalue weighted by molar-refractivity contribution is 1.04. The Kier molecular flexibility index (Phi) is 9.80. The molecule has 0 amide bonds. The van der Waals surface area contributed by atoms with E-state index in [4.69, 9.17) is 15.7 Å². The molecule has 0 aliphatic heterocycles. The summed E-state index contributed by atoms with van der Waals surface area (Å²) in [6, 6.07) is 35.4. The number of hydrogen-bond acceptors (Lipinski definition) is 1. The molecule has 0 bridgehead atoms. The van der Waals surface area contributed by atoms with Crippen LogP contribution in [-0.4, -0.2) is 11.7 Å². The first kappa shape index (κ1) is 27.5. The maximum atomic E-state index is 6.48. The van der Waals surface area contributed by atoms with Crippen LogP contribution >= 0.6 is 0 Å². The van der Waals surface area contributed by atoms with Gasteiger partial charge >= 0.3 is 0 Å². The number of benzene rings is 4. The summed E-state index contributed by atoms with van der Waals surface area (Å²) in [6.45, 7) is 6.60. The van der Waals surface area contributed by atoms with Crippen LogP contribution in [0.4, 0.5) is 0 Å². The molecule has 0 aromatic heterocycles. The van der Waals surface area contributed by atoms with Gasteiger partial charge in [-0.1, -0.05) is 141 Å². The fourth-order valence-corrected chi connectivity index (χ4v) is 4.33. The number of hydrogen-bond donors (Lipinski definition) is 1. The summed E-state index contributed by atoms with van der Waals surface area (Å²) in [5.41, 5.74) is 15.5. The van der Waals surface area contributed by atoms with E-state index in [9.17, 15) is 0 Å². The summed E-state index contributed by atoms with van der Waals surface area (Å²) in [5, 5.41) is 0. The van der Waals surface area contributed by atoms with Gasteiger partial charge in [-0.25, -0.2) is 4.99 Å². The minimum absolute atomic E-state index is 0.449. The predicted molar refractivity (Wildman–Crippen MR) is 168 cm³/mol. The smallest absolute Gasteiger partial charge is 0.157 e. The van der Waals surface area contributed by atoms with Crippen molar-refractivity contribution in [2.45, 2.75) is 40.2 Å². The van der Waals surface area contributed by atoms with Crippen LogP contribution in [0.1, 0.15) is 54.5 Å². The second kappa shape index (κ2) is 13.9. The molecule has 4 aromatic carbocycles. The fraction of sp³-hybridized carbons (Fsp3) is 0.167. The summed E-state index contributed by atoms with van der Waals surface area (Å²) in [6.07, 6.45) is 8.96. The van der Waals surface area contributed by atoms with E-state index in [1.807, 2.05) is 44.2 Å². The highest BCUT2D eigenvalue weighted by Crippen LogP contribution is 2.22. The lowest BCUT2D eigenvalue weighted by atomic mass is 9.99. The van der Waals surface area contributed by atoms with Crippen molar-refractivity contribution in [2.24, 2.45) is 15.7 Å². The van der Waals surface area contributed by atoms with E-state index in [2.05, 4.69) is 97.9 Å². The molecular formula is C36H37N3. The van der Waals surface area contributed by atoms with E-state index in [1.165, 1.54) is 22.3 Å². The summed E-state index contributed by atoms with van der Waals surface area (Å²) in [5.74, 6) is 1.08. The second-order valence-corrected chi connectivity index (χ2v) is 9.28. The highest BCUT2D eigenvalue weighted by atomic mass is 15.0. The zero-order chi connectivity index (χ0) is 27.5. The van der Waals surface area contributed by atoms with Gasteiger partial charge < -0.3 is 5.73 Å². The van der Waals surface area contributed by atoms with E-state index in [-0.39, 0.29) is 0 Å². The Hall–Kier alpha value is -4.50. The van der Waals surface area contributed by atoms with Crippen molar-refractivity contribution in [1.82, 2.24) is 0 Å². The van der Waals surface area contributed by atoms with Crippen molar-refractivity contribution in [3.05, 3.63) is 149 Å². The van der Waals surface area contributed by atoms with Gasteiger partial charge in [-0.05, 0) is 47.6 Å². The molecule has 0 spiro atoms. The Bertz CT molecular complexity index is 1460. The largest absolute Gasteiger partial charge is 0.383 e. The predicted octanol–water partition coefficient (Wildman–Crippen LogP) is 8.77. The maximum Gasteiger partial charge on any atom is 0.157 e. The monoisotopic (exact) mass is 511 g/mol. The molecule has 196 valence electrons. The number of aliphatic imine (C=N–C) groups is 2. The van der Waals surface area contributed by atoms with E-state index in [0.717, 1.165) is 35.1 Å². The molecule has 1 aliphatic rings. The quantitative estimate of drug-likeness (QED) is 0.204. The van der Waals surface area contributed by atoms with Crippen LogP contribution < -0.4 is 5.73 Å². The first-order chi connectivity index (χ1) is 19.2. The van der Waals surface area contributed by atoms with Crippen LogP contribution in [0.3, 0.4) is 0 Å². The molecule has 0 saturated heterocycles. The van der Waals surface area contributed by atoms with Crippen LogP contribution in [0.25, 0.3) is 16.7 Å². The molecule has 0 radical (unpaired) electrons. The Balaban J connectivity index is 0.00000172. The standard InChI is InChI=1S/C34H31N3.C2H6/c1-25-12-16-32(17-13-25)34(36-24-26-14-18-29(19-15-26)27-8-4-2-5-9-27)37-33(35)31-22-20-30(21-23-31)28-10-6-3-7-11-28;1-2/h3-4,6-23H,2,5,24H2,1H3,(H2,35,36,37);1-2H3. The Labute approximate surface area is 233 Å². The summed E-state index contributed by atoms with van der Waals surface area (Å²) >= 11 is 0. The molecule has 5 rings (SSSR count). The van der Waals surface area contributed by atoms with Crippen molar-refractivity contribution < 1.29 is 0 Å². The molecule has 0 atom stereocenters. The third-order valence-electron chi connectivity index (χ3n) is 6.52. The van der Waals surface area contributed by atoms with Crippen molar-refractivity contribution >= 4 is 17.2 Å². The molecule has 3 nitrogen and oxygen atoms in total. The van der Waals surface area contributed by atoms with Gasteiger partial charge in [0.25, 0.3) is 0 Å². The molecule has 0 fully saturated rings. The third-order valence-corrected chi connectivity index (χ3v) is 6.52. The van der Waals surface area contributed by atoms with Crippen molar-refractivity contribution in [1.29, 1.82) is 0 Å². The van der Waals surface area contributed by atoms with Crippen LogP contribution in [-0.2, 0) is 6.54 Å². The topological polar surface area (TPSA) is 50.7 Å². The number of rotatable bonds is 6. The Morgan fingerprint density at radius 3 is 1.95 bits per heavy atom. The molecule has 1 aliphatic carbocycles. The minimum Gasteiger partial charge on any atom is -0.383 e. The zero-order valence-electron chi connectivity index (χ0n) is 23.1. The van der Waals surface area contributed by atoms with Crippen molar-refractivity contribution in [3.8, 4) is 11.1 Å². The van der Waals surface area contributed by atoms with Crippen molar-refractivity contribution in [3.63, 3.8) is 0 Å². The van der Waals surface area contributed by atoms with Gasteiger partial charge in [0.15, 0.2) is 5.84 Å². The van der Waals surface area contributed by atoms with Crippen LogP contribution in [0.5, 0.6) is 0 Å². The van der Waals surface area contributed by atoms with Gasteiger partial charge in [0.1, 0.15) is 5.84 Å². The minimum atomic E-state index is 0.449. The number of amidine groups is 2. The summed E-state index contributed by atoms with van der Waals surface area (Å²) in [7, 11) is 0. The normalized spacial score (nSPS) is 13.4. The van der Waals surface area contributed by atoms with Crippen molar-refractivity contribution in [2.75, 3.05) is 0 Å². The van der Waals surface area contributed by atoms with Gasteiger partial charge in [-0.3, -0.25) is 4.99 Å². The molecular weight excluding hydrogens is 474 g/mol. The summed E-state index contributed by atoms with van der Waals surface area (Å²) in [4.78, 5) is 9.67. The first-order valence-corrected chi connectivity index (χ1v) is 13.7. The van der Waals surface area contributed by atoms with Crippen LogP contribution in [0, 0.1) is 6.92 Å². The van der Waals surface area contributed by atoms with Gasteiger partial charge in [0.05, 0.1) is 6.54 Å². The number of allylic oxidation sites excluding steroid dienone is 4. The molecule has 2 N–H and O–H groups in total. The van der Waals surface area contributed by atoms with E-state index >= 15 is 0 Å². The van der Waals surface area contributed by atoms with Crippen LogP contribution in [0.2, 0.25) is 0 Å². The second-order valence-electron chi connectivity index (χ2n) is 9.28. The number of aryl methyl sites for hydroxylation is 1. The zero-order valence-corrected chi connectivity index (χ0v) is 23.1. The average Bonchev–Trinajstić information content (AvgIpc) is 3.02. The van der Waals surface area contributed by atoms with Crippen LogP contribution in [0.15, 0.2) is 131 Å². The Morgan fingerprint density at radius 2 is 1.31 bits per heavy atom. The molecule has 0 heterocycles. The van der Waals surface area contributed by atoms with E-state index in [0.29, 0.717) is 18.2 Å². The highest BCUT2D eigenvalue weighted by Gasteiger charge is 2.07. The van der Waals surface area contributed by atoms with E-state index < -0.39 is 0 Å². The molecule has 0 saturated carbocycles. The SMILES string of the molecule is CC.Cc1ccc(C(N=C(N)c2ccc(-c3ccccc3)cc2)=NCc2ccc(C3=CCCC=C3)cc2)cc1. The fourth-order valence-electron chi connectivity index (χ4n) is 4.33. The molecule has 39 heavy (non-hydrogen) atoms. The van der Waals surface area contributed by atoms with E-state index in [1.54, 1.807) is 0 Å². The summed E-state index contributed by atoms with van der Waals surface area (Å²) < 4.78 is 0. The third kappa shape index (κ3) is 7.52. The molecule has 3 heteroatoms. The molecule has 4 aromatic rings. The highest BCUT2D eigenvalue weighted by molar-refractivity contribution is 6.11. The van der Waals surface area contributed by atoms with Gasteiger partial charge in [0.2, 0.25) is 0 Å². The first-order valence-electron chi connectivity index (χ1n) is 13.7.